The fourth-order valence-corrected chi connectivity index (χ4v) is 3.02. The molecule has 0 rings (SSSR count). The van der Waals surface area contributed by atoms with Crippen LogP contribution in [0.2, 0.25) is 0 Å². The lowest BCUT2D eigenvalue weighted by atomic mass is 10.1. The normalized spacial score (nSPS) is 11.6. The highest BCUT2D eigenvalue weighted by atomic mass is 15.3. The summed E-state index contributed by atoms with van der Waals surface area (Å²) in [4.78, 5) is 0. The van der Waals surface area contributed by atoms with Crippen molar-refractivity contribution in [3.8, 4) is 0 Å². The van der Waals surface area contributed by atoms with Crippen LogP contribution in [-0.2, 0) is 0 Å². The molecule has 0 aromatic rings. The van der Waals surface area contributed by atoms with Gasteiger partial charge in [0.2, 0.25) is 0 Å². The summed E-state index contributed by atoms with van der Waals surface area (Å²) < 4.78 is 0. The zero-order valence-electron chi connectivity index (χ0n) is 17.7. The molecule has 0 fully saturated rings. The van der Waals surface area contributed by atoms with Crippen LogP contribution in [0.5, 0.6) is 0 Å². The van der Waals surface area contributed by atoms with Crippen molar-refractivity contribution >= 4 is 0 Å². The number of nitrogens with two attached hydrogens (primary N) is 1. The van der Waals surface area contributed by atoms with Gasteiger partial charge in [0.25, 0.3) is 0 Å². The van der Waals surface area contributed by atoms with Crippen LogP contribution in [0.3, 0.4) is 0 Å². The molecule has 0 unspecified atom stereocenters. The van der Waals surface area contributed by atoms with E-state index in [1.807, 2.05) is 0 Å². The van der Waals surface area contributed by atoms with Crippen LogP contribution in [0.4, 0.5) is 0 Å². The highest BCUT2D eigenvalue weighted by molar-refractivity contribution is 4.81. The predicted molar refractivity (Wildman–Crippen MR) is 117 cm³/mol. The third-order valence-corrected chi connectivity index (χ3v) is 4.69. The SMILES string of the molecule is CCCCCCCC/C=C\CCCCCCCCNNCCNCCN. The van der Waals surface area contributed by atoms with E-state index in [-0.39, 0.29) is 0 Å². The first-order valence-electron chi connectivity index (χ1n) is 11.4. The molecule has 0 heterocycles. The quantitative estimate of drug-likeness (QED) is 0.127. The van der Waals surface area contributed by atoms with Gasteiger partial charge in [-0.1, -0.05) is 76.9 Å². The number of hydrogen-bond acceptors (Lipinski definition) is 4. The summed E-state index contributed by atoms with van der Waals surface area (Å²) in [6.45, 7) is 6.88. The molecule has 0 aliphatic carbocycles. The van der Waals surface area contributed by atoms with Gasteiger partial charge in [-0.2, -0.15) is 0 Å². The second-order valence-corrected chi connectivity index (χ2v) is 7.33. The third kappa shape index (κ3) is 23.6. The van der Waals surface area contributed by atoms with Gasteiger partial charge in [-0.05, 0) is 32.1 Å². The minimum absolute atomic E-state index is 0.711. The number of hydrogen-bond donors (Lipinski definition) is 4. The van der Waals surface area contributed by atoms with Crippen molar-refractivity contribution in [1.29, 1.82) is 0 Å². The molecule has 26 heavy (non-hydrogen) atoms. The zero-order chi connectivity index (χ0) is 19.0. The number of hydrazine groups is 1. The summed E-state index contributed by atoms with van der Waals surface area (Å²) in [6, 6.07) is 0. The molecule has 0 saturated heterocycles. The van der Waals surface area contributed by atoms with E-state index in [1.54, 1.807) is 0 Å². The molecule has 4 nitrogen and oxygen atoms in total. The first-order chi connectivity index (χ1) is 12.9. The van der Waals surface area contributed by atoms with Gasteiger partial charge >= 0.3 is 0 Å². The van der Waals surface area contributed by atoms with Crippen molar-refractivity contribution in [2.75, 3.05) is 32.7 Å². The molecule has 0 saturated carbocycles. The molecule has 0 aliphatic rings. The first-order valence-corrected chi connectivity index (χ1v) is 11.4. The fraction of sp³-hybridized carbons (Fsp3) is 0.909. The molecule has 5 N–H and O–H groups in total. The van der Waals surface area contributed by atoms with Crippen molar-refractivity contribution in [2.24, 2.45) is 5.73 Å². The summed E-state index contributed by atoms with van der Waals surface area (Å²) in [5.74, 6) is 0. The Balaban J connectivity index is 3.03. The van der Waals surface area contributed by atoms with E-state index in [0.717, 1.165) is 26.2 Å². The molecule has 0 aromatic heterocycles. The summed E-state index contributed by atoms with van der Waals surface area (Å²) in [7, 11) is 0. The average molecular weight is 369 g/mol. The number of allylic oxidation sites excluding steroid dienone is 2. The van der Waals surface area contributed by atoms with E-state index >= 15 is 0 Å². The van der Waals surface area contributed by atoms with Gasteiger partial charge in [-0.15, -0.1) is 0 Å². The van der Waals surface area contributed by atoms with E-state index in [1.165, 1.54) is 89.9 Å². The Labute approximate surface area is 164 Å². The van der Waals surface area contributed by atoms with Gasteiger partial charge in [0, 0.05) is 32.7 Å². The van der Waals surface area contributed by atoms with Crippen molar-refractivity contribution in [3.63, 3.8) is 0 Å². The molecule has 156 valence electrons. The molecule has 0 atom stereocenters. The molecule has 4 heteroatoms. The topological polar surface area (TPSA) is 62.1 Å². The monoisotopic (exact) mass is 368 g/mol. The lowest BCUT2D eigenvalue weighted by Crippen LogP contribution is -2.38. The Morgan fingerprint density at radius 2 is 1.12 bits per heavy atom. The van der Waals surface area contributed by atoms with Crippen molar-refractivity contribution in [1.82, 2.24) is 16.2 Å². The molecule has 0 aromatic carbocycles. The highest BCUT2D eigenvalue weighted by Crippen LogP contribution is 2.09. The van der Waals surface area contributed by atoms with Gasteiger partial charge in [-0.3, -0.25) is 10.9 Å². The maximum absolute atomic E-state index is 5.42. The zero-order valence-corrected chi connectivity index (χ0v) is 17.7. The second-order valence-electron chi connectivity index (χ2n) is 7.33. The van der Waals surface area contributed by atoms with Crippen LogP contribution in [0, 0.1) is 0 Å². The summed E-state index contributed by atoms with van der Waals surface area (Å²) in [5.41, 5.74) is 11.9. The Hall–Kier alpha value is -0.420. The van der Waals surface area contributed by atoms with E-state index < -0.39 is 0 Å². The van der Waals surface area contributed by atoms with Crippen molar-refractivity contribution < 1.29 is 0 Å². The molecular weight excluding hydrogens is 320 g/mol. The maximum Gasteiger partial charge on any atom is 0.0225 e. The Morgan fingerprint density at radius 1 is 0.577 bits per heavy atom. The molecule has 0 amide bonds. The number of unbranched alkanes of at least 4 members (excludes halogenated alkanes) is 12. The predicted octanol–water partition coefficient (Wildman–Crippen LogP) is 4.67. The molecule has 0 bridgehead atoms. The lowest BCUT2D eigenvalue weighted by Gasteiger charge is -2.07. The van der Waals surface area contributed by atoms with Gasteiger partial charge in [0.1, 0.15) is 0 Å². The average Bonchev–Trinajstić information content (AvgIpc) is 2.66. The third-order valence-electron chi connectivity index (χ3n) is 4.69. The van der Waals surface area contributed by atoms with Crippen LogP contribution in [0.1, 0.15) is 96.8 Å². The lowest BCUT2D eigenvalue weighted by molar-refractivity contribution is 0.490. The first kappa shape index (κ1) is 25.6. The van der Waals surface area contributed by atoms with Gasteiger partial charge in [-0.25, -0.2) is 0 Å². The Bertz CT molecular complexity index is 269. The van der Waals surface area contributed by atoms with E-state index in [0.29, 0.717) is 6.54 Å². The van der Waals surface area contributed by atoms with Gasteiger partial charge < -0.3 is 11.1 Å². The van der Waals surface area contributed by atoms with Crippen LogP contribution in [-0.4, -0.2) is 32.7 Å². The second kappa shape index (κ2) is 24.6. The van der Waals surface area contributed by atoms with Crippen molar-refractivity contribution in [2.45, 2.75) is 96.8 Å². The summed E-state index contributed by atoms with van der Waals surface area (Å²) in [6.07, 6.45) is 23.9. The van der Waals surface area contributed by atoms with E-state index in [9.17, 15) is 0 Å². The van der Waals surface area contributed by atoms with Crippen molar-refractivity contribution in [3.05, 3.63) is 12.2 Å². The van der Waals surface area contributed by atoms with E-state index in [2.05, 4.69) is 35.2 Å². The minimum Gasteiger partial charge on any atom is -0.329 e. The van der Waals surface area contributed by atoms with Crippen LogP contribution >= 0.6 is 0 Å². The summed E-state index contributed by atoms with van der Waals surface area (Å²) in [5, 5.41) is 3.26. The van der Waals surface area contributed by atoms with Crippen LogP contribution in [0.15, 0.2) is 12.2 Å². The largest absolute Gasteiger partial charge is 0.329 e. The van der Waals surface area contributed by atoms with Gasteiger partial charge in [0.15, 0.2) is 0 Å². The van der Waals surface area contributed by atoms with Gasteiger partial charge in [0.05, 0.1) is 0 Å². The van der Waals surface area contributed by atoms with Crippen LogP contribution < -0.4 is 21.9 Å². The number of nitrogens with one attached hydrogen (secondary N) is 3. The molecule has 0 spiro atoms. The fourth-order valence-electron chi connectivity index (χ4n) is 3.02. The highest BCUT2D eigenvalue weighted by Gasteiger charge is 1.92. The summed E-state index contributed by atoms with van der Waals surface area (Å²) >= 11 is 0. The standard InChI is InChI=1S/C22H48N4/c1-2-3-4-5-6-7-8-9-10-11-12-13-14-15-16-17-19-25-26-22-21-24-20-18-23/h9-10,24-26H,2-8,11-23H2,1H3/b10-9-. The minimum atomic E-state index is 0.711. The Morgan fingerprint density at radius 3 is 1.73 bits per heavy atom. The number of rotatable bonds is 22. The molecule has 0 aliphatic heterocycles. The molecular formula is C22H48N4. The van der Waals surface area contributed by atoms with Crippen LogP contribution in [0.25, 0.3) is 0 Å². The van der Waals surface area contributed by atoms with E-state index in [4.69, 9.17) is 5.73 Å². The maximum atomic E-state index is 5.42. The Kier molecular flexibility index (Phi) is 24.2. The molecule has 0 radical (unpaired) electrons. The smallest absolute Gasteiger partial charge is 0.0225 e.